The molecule has 2 rings (SSSR count). The van der Waals surface area contributed by atoms with Crippen molar-refractivity contribution in [3.8, 4) is 0 Å². The van der Waals surface area contributed by atoms with E-state index in [-0.39, 0.29) is 15.6 Å². The highest BCUT2D eigenvalue weighted by Crippen LogP contribution is 2.25. The number of nitrogens with zero attached hydrogens (tertiary/aromatic N) is 1. The third-order valence-corrected chi connectivity index (χ3v) is 3.91. The number of nitrogens with one attached hydrogen (secondary N) is 1. The second-order valence-corrected chi connectivity index (χ2v) is 6.30. The minimum Gasteiger partial charge on any atom is -0.321 e. The van der Waals surface area contributed by atoms with Gasteiger partial charge >= 0.3 is 0 Å². The summed E-state index contributed by atoms with van der Waals surface area (Å²) < 4.78 is 22.6. The molecular weight excluding hydrogens is 314 g/mol. The van der Waals surface area contributed by atoms with Crippen LogP contribution in [0.25, 0.3) is 0 Å². The van der Waals surface area contributed by atoms with Gasteiger partial charge in [-0.3, -0.25) is 9.78 Å². The number of hydrogen-bond acceptors (Lipinski definition) is 4. The lowest BCUT2D eigenvalue weighted by molar-refractivity contribution is 0.102. The Morgan fingerprint density at radius 1 is 1.29 bits per heavy atom. The number of halogens is 1. The molecule has 0 aliphatic carbocycles. The van der Waals surface area contributed by atoms with Crippen LogP contribution in [0.5, 0.6) is 0 Å². The zero-order valence-corrected chi connectivity index (χ0v) is 12.6. The molecule has 0 bridgehead atoms. The van der Waals surface area contributed by atoms with E-state index in [2.05, 4.69) is 10.3 Å². The number of aryl methyl sites for hydroxylation is 1. The Balaban J connectivity index is 2.33. The maximum absolute atomic E-state index is 12.1. The molecule has 1 heterocycles. The third kappa shape index (κ3) is 3.78. The molecule has 0 aliphatic heterocycles. The Kier molecular flexibility index (Phi) is 4.26. The number of sulfonamides is 1. The van der Waals surface area contributed by atoms with E-state index >= 15 is 0 Å². The molecule has 2 aromatic rings. The maximum Gasteiger partial charge on any atom is 0.255 e. The summed E-state index contributed by atoms with van der Waals surface area (Å²) in [6, 6.07) is 6.98. The fourth-order valence-corrected chi connectivity index (χ4v) is 2.36. The van der Waals surface area contributed by atoms with Gasteiger partial charge in [0.2, 0.25) is 10.0 Å². The Morgan fingerprint density at radius 3 is 2.62 bits per heavy atom. The normalized spacial score (nSPS) is 11.2. The molecule has 0 atom stereocenters. The van der Waals surface area contributed by atoms with Gasteiger partial charge in [0.25, 0.3) is 5.91 Å². The molecule has 110 valence electrons. The molecule has 0 spiro atoms. The summed E-state index contributed by atoms with van der Waals surface area (Å²) in [6.45, 7) is 1.76. The van der Waals surface area contributed by atoms with Crippen molar-refractivity contribution in [2.24, 2.45) is 5.14 Å². The topological polar surface area (TPSA) is 102 Å². The smallest absolute Gasteiger partial charge is 0.255 e. The number of aromatic nitrogens is 1. The van der Waals surface area contributed by atoms with Gasteiger partial charge in [-0.2, -0.15) is 0 Å². The quantitative estimate of drug-likeness (QED) is 0.900. The second kappa shape index (κ2) is 5.80. The van der Waals surface area contributed by atoms with E-state index in [0.717, 1.165) is 0 Å². The van der Waals surface area contributed by atoms with Crippen molar-refractivity contribution in [3.63, 3.8) is 0 Å². The molecule has 21 heavy (non-hydrogen) atoms. The maximum atomic E-state index is 12.1. The van der Waals surface area contributed by atoms with Crippen molar-refractivity contribution >= 4 is 33.2 Å². The van der Waals surface area contributed by atoms with Crippen LogP contribution < -0.4 is 10.5 Å². The van der Waals surface area contributed by atoms with E-state index < -0.39 is 15.9 Å². The number of primary sulfonamides is 1. The molecule has 0 aliphatic rings. The Labute approximate surface area is 127 Å². The first kappa shape index (κ1) is 15.4. The molecule has 3 N–H and O–H groups in total. The van der Waals surface area contributed by atoms with Gasteiger partial charge in [0.1, 0.15) is 0 Å². The van der Waals surface area contributed by atoms with E-state index in [1.165, 1.54) is 24.4 Å². The van der Waals surface area contributed by atoms with Gasteiger partial charge in [-0.1, -0.05) is 11.6 Å². The van der Waals surface area contributed by atoms with Crippen LogP contribution in [0.4, 0.5) is 5.69 Å². The summed E-state index contributed by atoms with van der Waals surface area (Å²) in [6.07, 6.45) is 1.51. The van der Waals surface area contributed by atoms with Crippen LogP contribution in [-0.4, -0.2) is 19.3 Å². The van der Waals surface area contributed by atoms with Gasteiger partial charge in [-0.15, -0.1) is 0 Å². The van der Waals surface area contributed by atoms with Crippen molar-refractivity contribution in [1.82, 2.24) is 4.98 Å². The third-order valence-electron chi connectivity index (χ3n) is 2.67. The lowest BCUT2D eigenvalue weighted by Gasteiger charge is -2.09. The van der Waals surface area contributed by atoms with Gasteiger partial charge in [0.15, 0.2) is 0 Å². The zero-order valence-electron chi connectivity index (χ0n) is 11.0. The molecular formula is C13H12ClN3O3S. The van der Waals surface area contributed by atoms with Gasteiger partial charge < -0.3 is 5.32 Å². The van der Waals surface area contributed by atoms with E-state index in [1.807, 2.05) is 0 Å². The molecule has 6 nitrogen and oxygen atoms in total. The number of benzene rings is 1. The lowest BCUT2D eigenvalue weighted by Crippen LogP contribution is -2.15. The molecule has 1 amide bonds. The predicted octanol–water partition coefficient (Wildman–Crippen LogP) is 1.94. The van der Waals surface area contributed by atoms with Crippen LogP contribution >= 0.6 is 11.6 Å². The minimum absolute atomic E-state index is 0.131. The second-order valence-electron chi connectivity index (χ2n) is 4.33. The largest absolute Gasteiger partial charge is 0.321 e. The molecule has 0 saturated carbocycles. The van der Waals surface area contributed by atoms with E-state index in [9.17, 15) is 13.2 Å². The van der Waals surface area contributed by atoms with Crippen LogP contribution in [0.1, 0.15) is 16.1 Å². The first-order chi connectivity index (χ1) is 9.77. The van der Waals surface area contributed by atoms with Crippen molar-refractivity contribution in [1.29, 1.82) is 0 Å². The number of pyridine rings is 1. The minimum atomic E-state index is -3.87. The Hall–Kier alpha value is -1.96. The van der Waals surface area contributed by atoms with Gasteiger partial charge in [-0.05, 0) is 37.3 Å². The van der Waals surface area contributed by atoms with Crippen LogP contribution in [-0.2, 0) is 10.0 Å². The average molecular weight is 326 g/mol. The summed E-state index contributed by atoms with van der Waals surface area (Å²) >= 11 is 5.95. The zero-order chi connectivity index (χ0) is 15.6. The fourth-order valence-electron chi connectivity index (χ4n) is 1.66. The Morgan fingerprint density at radius 2 is 2.00 bits per heavy atom. The van der Waals surface area contributed by atoms with Crippen LogP contribution in [0.2, 0.25) is 5.02 Å². The van der Waals surface area contributed by atoms with Crippen molar-refractivity contribution in [2.75, 3.05) is 5.32 Å². The molecule has 0 radical (unpaired) electrons. The molecule has 0 unspecified atom stereocenters. The van der Waals surface area contributed by atoms with Crippen LogP contribution in [0, 0.1) is 6.92 Å². The summed E-state index contributed by atoms with van der Waals surface area (Å²) in [4.78, 5) is 16.0. The van der Waals surface area contributed by atoms with Crippen molar-refractivity contribution in [2.45, 2.75) is 11.8 Å². The first-order valence-electron chi connectivity index (χ1n) is 5.84. The number of rotatable bonds is 3. The number of carbonyl (C=O) groups is 1. The summed E-state index contributed by atoms with van der Waals surface area (Å²) in [5.41, 5.74) is 1.24. The predicted molar refractivity (Wildman–Crippen MR) is 79.8 cm³/mol. The summed E-state index contributed by atoms with van der Waals surface area (Å²) in [5.74, 6) is -0.422. The molecule has 1 aromatic carbocycles. The highest BCUT2D eigenvalue weighted by Gasteiger charge is 2.13. The monoisotopic (exact) mass is 325 g/mol. The fraction of sp³-hybridized carbons (Fsp3) is 0.0769. The molecule has 0 saturated heterocycles. The highest BCUT2D eigenvalue weighted by molar-refractivity contribution is 7.89. The number of carbonyl (C=O) groups excluding carboxylic acids is 1. The van der Waals surface area contributed by atoms with E-state index in [4.69, 9.17) is 16.7 Å². The van der Waals surface area contributed by atoms with Gasteiger partial charge in [0.05, 0.1) is 15.6 Å². The molecule has 0 fully saturated rings. The summed E-state index contributed by atoms with van der Waals surface area (Å²) in [7, 11) is -3.87. The molecule has 8 heteroatoms. The highest BCUT2D eigenvalue weighted by atomic mass is 35.5. The Bertz CT molecular complexity index is 806. The number of hydrogen-bond donors (Lipinski definition) is 2. The van der Waals surface area contributed by atoms with E-state index in [0.29, 0.717) is 11.3 Å². The number of nitrogens with two attached hydrogens (primary N) is 1. The van der Waals surface area contributed by atoms with Gasteiger partial charge in [-0.25, -0.2) is 13.6 Å². The molecule has 1 aromatic heterocycles. The van der Waals surface area contributed by atoms with Crippen LogP contribution in [0.15, 0.2) is 41.4 Å². The van der Waals surface area contributed by atoms with Crippen molar-refractivity contribution < 1.29 is 13.2 Å². The lowest BCUT2D eigenvalue weighted by atomic mass is 10.2. The van der Waals surface area contributed by atoms with Crippen LogP contribution in [0.3, 0.4) is 0 Å². The van der Waals surface area contributed by atoms with E-state index in [1.54, 1.807) is 19.1 Å². The summed E-state index contributed by atoms with van der Waals surface area (Å²) in [5, 5.41) is 7.80. The standard InChI is InChI=1S/C13H12ClN3O3S/c1-8-6-9(4-5-16-8)13(18)17-12-7-10(21(15,19)20)2-3-11(12)14/h2-7H,1H3,(H,17,18)(H2,15,19,20). The SMILES string of the molecule is Cc1cc(C(=O)Nc2cc(S(N)(=O)=O)ccc2Cl)ccn1. The first-order valence-corrected chi connectivity index (χ1v) is 7.76. The number of anilines is 1. The van der Waals surface area contributed by atoms with Crippen molar-refractivity contribution in [3.05, 3.63) is 52.8 Å². The van der Waals surface area contributed by atoms with Gasteiger partial charge in [0, 0.05) is 17.5 Å². The number of amides is 1. The average Bonchev–Trinajstić information content (AvgIpc) is 2.40.